The zero-order chi connectivity index (χ0) is 18.2. The Morgan fingerprint density at radius 2 is 2.19 bits per heavy atom. The monoisotopic (exact) mass is 476 g/mol. The van der Waals surface area contributed by atoms with E-state index in [-0.39, 0.29) is 35.9 Å². The van der Waals surface area contributed by atoms with Crippen LogP contribution >= 0.6 is 24.0 Å². The van der Waals surface area contributed by atoms with Gasteiger partial charge >= 0.3 is 0 Å². The molecule has 1 saturated heterocycles. The number of nitrogens with one attached hydrogen (secondary N) is 2. The second-order valence-corrected chi connectivity index (χ2v) is 6.91. The number of aromatic nitrogens is 2. The largest absolute Gasteiger partial charge is 0.357 e. The van der Waals surface area contributed by atoms with Crippen LogP contribution in [0.1, 0.15) is 46.4 Å². The lowest BCUT2D eigenvalue weighted by atomic mass is 10.2. The predicted molar refractivity (Wildman–Crippen MR) is 116 cm³/mol. The van der Waals surface area contributed by atoms with Crippen molar-refractivity contribution in [1.29, 1.82) is 0 Å². The Balaban J connectivity index is 0.00000338. The van der Waals surface area contributed by atoms with Crippen LogP contribution in [0, 0.1) is 5.92 Å². The minimum absolute atomic E-state index is 0. The summed E-state index contributed by atoms with van der Waals surface area (Å²) >= 11 is 0. The van der Waals surface area contributed by atoms with Gasteiger partial charge in [-0.25, -0.2) is 9.98 Å². The van der Waals surface area contributed by atoms with Gasteiger partial charge in [0.05, 0.1) is 0 Å². The first kappa shape index (κ1) is 22.7. The van der Waals surface area contributed by atoms with E-state index in [2.05, 4.69) is 45.9 Å². The Kier molecular flexibility index (Phi) is 9.97. The van der Waals surface area contributed by atoms with Crippen molar-refractivity contribution in [2.45, 2.75) is 59.7 Å². The first-order valence-corrected chi connectivity index (χ1v) is 9.36. The molecule has 7 nitrogen and oxygen atoms in total. The first-order chi connectivity index (χ1) is 12.0. The third-order valence-corrected chi connectivity index (χ3v) is 4.27. The van der Waals surface area contributed by atoms with Gasteiger partial charge < -0.3 is 20.1 Å². The van der Waals surface area contributed by atoms with E-state index in [1.54, 1.807) is 0 Å². The number of hydrogen-bond acceptors (Lipinski definition) is 3. The molecule has 1 fully saturated rings. The highest BCUT2D eigenvalue weighted by molar-refractivity contribution is 14.0. The molecule has 1 unspecified atom stereocenters. The Morgan fingerprint density at radius 3 is 2.85 bits per heavy atom. The molecule has 1 atom stereocenters. The molecule has 0 aromatic carbocycles. The molecular formula is C18H33IN6O. The molecule has 0 aliphatic carbocycles. The van der Waals surface area contributed by atoms with Gasteiger partial charge in [0.2, 0.25) is 5.91 Å². The average Bonchev–Trinajstić information content (AvgIpc) is 3.21. The average molecular weight is 476 g/mol. The number of nitrogens with zero attached hydrogens (tertiary/aromatic N) is 4. The number of imidazole rings is 1. The molecule has 1 aliphatic rings. The van der Waals surface area contributed by atoms with E-state index in [0.717, 1.165) is 44.4 Å². The van der Waals surface area contributed by atoms with E-state index in [1.807, 2.05) is 24.2 Å². The van der Waals surface area contributed by atoms with E-state index in [1.165, 1.54) is 0 Å². The Labute approximate surface area is 174 Å². The number of aliphatic imine (C=N–C) groups is 1. The molecule has 1 aliphatic heterocycles. The van der Waals surface area contributed by atoms with Crippen molar-refractivity contribution in [2.75, 3.05) is 19.6 Å². The SMILES string of the molecule is CCNC(=NCc1nccn1CC(C)C)NC1CCN(C(=O)CC)C1.I. The number of likely N-dealkylation sites (tertiary alicyclic amines) is 1. The molecule has 1 aromatic rings. The molecule has 0 saturated carbocycles. The van der Waals surface area contributed by atoms with Crippen molar-refractivity contribution in [3.8, 4) is 0 Å². The van der Waals surface area contributed by atoms with Crippen LogP contribution < -0.4 is 10.6 Å². The number of rotatable bonds is 7. The Bertz CT molecular complexity index is 586. The number of amides is 1. The lowest BCUT2D eigenvalue weighted by molar-refractivity contribution is -0.129. The fraction of sp³-hybridized carbons (Fsp3) is 0.722. The molecule has 2 rings (SSSR count). The summed E-state index contributed by atoms with van der Waals surface area (Å²) < 4.78 is 2.16. The van der Waals surface area contributed by atoms with Crippen LogP contribution in [-0.2, 0) is 17.9 Å². The maximum atomic E-state index is 11.8. The summed E-state index contributed by atoms with van der Waals surface area (Å²) in [6.45, 7) is 12.2. The minimum Gasteiger partial charge on any atom is -0.357 e. The molecule has 0 radical (unpaired) electrons. The molecular weight excluding hydrogens is 443 g/mol. The van der Waals surface area contributed by atoms with Crippen molar-refractivity contribution in [3.05, 3.63) is 18.2 Å². The third-order valence-electron chi connectivity index (χ3n) is 4.27. The summed E-state index contributed by atoms with van der Waals surface area (Å²) in [5, 5.41) is 6.75. The van der Waals surface area contributed by atoms with E-state index in [0.29, 0.717) is 18.9 Å². The summed E-state index contributed by atoms with van der Waals surface area (Å²) in [7, 11) is 0. The molecule has 2 heterocycles. The van der Waals surface area contributed by atoms with Crippen LogP contribution in [0.2, 0.25) is 0 Å². The van der Waals surface area contributed by atoms with E-state index in [4.69, 9.17) is 0 Å². The van der Waals surface area contributed by atoms with Crippen LogP contribution in [0.5, 0.6) is 0 Å². The second-order valence-electron chi connectivity index (χ2n) is 6.91. The second kappa shape index (κ2) is 11.4. The smallest absolute Gasteiger partial charge is 0.222 e. The fourth-order valence-corrected chi connectivity index (χ4v) is 3.04. The maximum absolute atomic E-state index is 11.8. The van der Waals surface area contributed by atoms with Gasteiger partial charge in [-0.2, -0.15) is 0 Å². The van der Waals surface area contributed by atoms with Gasteiger partial charge in [0, 0.05) is 51.0 Å². The van der Waals surface area contributed by atoms with Crippen LogP contribution in [0.25, 0.3) is 0 Å². The summed E-state index contributed by atoms with van der Waals surface area (Å²) in [6.07, 6.45) is 5.37. The van der Waals surface area contributed by atoms with Crippen LogP contribution in [0.4, 0.5) is 0 Å². The van der Waals surface area contributed by atoms with Crippen molar-refractivity contribution in [1.82, 2.24) is 25.1 Å². The molecule has 148 valence electrons. The third kappa shape index (κ3) is 6.77. The first-order valence-electron chi connectivity index (χ1n) is 9.36. The normalized spacial score (nSPS) is 17.3. The van der Waals surface area contributed by atoms with Gasteiger partial charge in [-0.3, -0.25) is 4.79 Å². The summed E-state index contributed by atoms with van der Waals surface area (Å²) in [4.78, 5) is 22.9. The van der Waals surface area contributed by atoms with Gasteiger partial charge in [-0.05, 0) is 19.3 Å². The van der Waals surface area contributed by atoms with E-state index >= 15 is 0 Å². The van der Waals surface area contributed by atoms with Gasteiger partial charge in [0.15, 0.2) is 5.96 Å². The number of carbonyl (C=O) groups is 1. The van der Waals surface area contributed by atoms with Gasteiger partial charge in [0.25, 0.3) is 0 Å². The van der Waals surface area contributed by atoms with Gasteiger partial charge in [0.1, 0.15) is 12.4 Å². The molecule has 2 N–H and O–H groups in total. The molecule has 1 amide bonds. The van der Waals surface area contributed by atoms with E-state index < -0.39 is 0 Å². The lowest BCUT2D eigenvalue weighted by Crippen LogP contribution is -2.45. The zero-order valence-corrected chi connectivity index (χ0v) is 18.7. The van der Waals surface area contributed by atoms with Crippen molar-refractivity contribution >= 4 is 35.8 Å². The quantitative estimate of drug-likeness (QED) is 0.360. The summed E-state index contributed by atoms with van der Waals surface area (Å²) in [5.74, 6) is 2.56. The van der Waals surface area contributed by atoms with Crippen LogP contribution in [0.15, 0.2) is 17.4 Å². The molecule has 26 heavy (non-hydrogen) atoms. The van der Waals surface area contributed by atoms with Gasteiger partial charge in [-0.15, -0.1) is 24.0 Å². The zero-order valence-electron chi connectivity index (χ0n) is 16.4. The standard InChI is InChI=1S/C18H32N6O.HI/c1-5-17(25)24-9-7-15(13-24)22-18(19-6-2)21-11-16-20-8-10-23(16)12-14(3)4;/h8,10,14-15H,5-7,9,11-13H2,1-4H3,(H2,19,21,22);1H. The lowest BCUT2D eigenvalue weighted by Gasteiger charge is -2.18. The number of guanidine groups is 1. The molecule has 0 bridgehead atoms. The Morgan fingerprint density at radius 1 is 1.42 bits per heavy atom. The van der Waals surface area contributed by atoms with Crippen LogP contribution in [-0.4, -0.2) is 52.0 Å². The summed E-state index contributed by atoms with van der Waals surface area (Å²) in [6, 6.07) is 0.253. The topological polar surface area (TPSA) is 74.6 Å². The van der Waals surface area contributed by atoms with E-state index in [9.17, 15) is 4.79 Å². The Hall–Kier alpha value is -1.32. The molecule has 8 heteroatoms. The van der Waals surface area contributed by atoms with Crippen LogP contribution in [0.3, 0.4) is 0 Å². The molecule has 0 spiro atoms. The highest BCUT2D eigenvalue weighted by Gasteiger charge is 2.25. The van der Waals surface area contributed by atoms with Crippen molar-refractivity contribution in [2.24, 2.45) is 10.9 Å². The highest BCUT2D eigenvalue weighted by Crippen LogP contribution is 2.10. The number of hydrogen-bond donors (Lipinski definition) is 2. The predicted octanol–water partition coefficient (Wildman–Crippen LogP) is 2.22. The highest BCUT2D eigenvalue weighted by atomic mass is 127. The van der Waals surface area contributed by atoms with Crippen molar-refractivity contribution in [3.63, 3.8) is 0 Å². The number of carbonyl (C=O) groups excluding carboxylic acids is 1. The minimum atomic E-state index is 0. The maximum Gasteiger partial charge on any atom is 0.222 e. The summed E-state index contributed by atoms with van der Waals surface area (Å²) in [5.41, 5.74) is 0. The van der Waals surface area contributed by atoms with Gasteiger partial charge in [-0.1, -0.05) is 20.8 Å². The van der Waals surface area contributed by atoms with Crippen molar-refractivity contribution < 1.29 is 4.79 Å². The number of halogens is 1. The molecule has 1 aromatic heterocycles. The fourth-order valence-electron chi connectivity index (χ4n) is 3.04.